The quantitative estimate of drug-likeness (QED) is 0.381. The van der Waals surface area contributed by atoms with Gasteiger partial charge in [0.05, 0.1) is 0 Å². The highest BCUT2D eigenvalue weighted by Gasteiger charge is 2.49. The van der Waals surface area contributed by atoms with Gasteiger partial charge in [-0.25, -0.2) is 0 Å². The molecule has 0 aliphatic heterocycles. The van der Waals surface area contributed by atoms with Gasteiger partial charge in [0.25, 0.3) is 0 Å². The van der Waals surface area contributed by atoms with Crippen molar-refractivity contribution in [1.29, 1.82) is 0 Å². The second-order valence-corrected chi connectivity index (χ2v) is 13.1. The third-order valence-electron chi connectivity index (χ3n) is 9.48. The molecule has 2 aliphatic rings. The SMILES string of the molecule is CCC(C)(C)CC(C)(C(=C1CCCC1)C1CCC(C(C)(C)CC)C1)C(C)(C)C. The molecule has 0 saturated heterocycles. The molecule has 0 bridgehead atoms. The van der Waals surface area contributed by atoms with E-state index in [0.29, 0.717) is 21.7 Å². The van der Waals surface area contributed by atoms with Crippen molar-refractivity contribution >= 4 is 0 Å². The number of hydrogen-bond donors (Lipinski definition) is 0. The zero-order chi connectivity index (χ0) is 21.4. The van der Waals surface area contributed by atoms with Crippen LogP contribution in [0.1, 0.15) is 133 Å². The fraction of sp³-hybridized carbons (Fsp3) is 0.929. The molecule has 0 spiro atoms. The Hall–Kier alpha value is -0.260. The fourth-order valence-corrected chi connectivity index (χ4v) is 6.29. The average Bonchev–Trinajstić information content (AvgIpc) is 3.26. The van der Waals surface area contributed by atoms with Gasteiger partial charge in [-0.15, -0.1) is 0 Å². The van der Waals surface area contributed by atoms with Gasteiger partial charge in [0.2, 0.25) is 0 Å². The minimum Gasteiger partial charge on any atom is -0.0702 e. The van der Waals surface area contributed by atoms with Crippen molar-refractivity contribution in [2.24, 2.45) is 33.5 Å². The average molecular weight is 389 g/mol. The summed E-state index contributed by atoms with van der Waals surface area (Å²) in [7, 11) is 0. The van der Waals surface area contributed by atoms with Gasteiger partial charge in [0.15, 0.2) is 0 Å². The largest absolute Gasteiger partial charge is 0.0702 e. The molecule has 0 aromatic rings. The van der Waals surface area contributed by atoms with E-state index in [1.807, 2.05) is 11.1 Å². The molecular formula is C28H52. The van der Waals surface area contributed by atoms with Crippen LogP contribution in [0.4, 0.5) is 0 Å². The first-order chi connectivity index (χ1) is 12.8. The second-order valence-electron chi connectivity index (χ2n) is 13.1. The highest BCUT2D eigenvalue weighted by molar-refractivity contribution is 5.30. The molecule has 0 heterocycles. The smallest absolute Gasteiger partial charge is 0.00574 e. The van der Waals surface area contributed by atoms with Crippen molar-refractivity contribution < 1.29 is 0 Å². The minimum atomic E-state index is 0.308. The Morgan fingerprint density at radius 3 is 1.86 bits per heavy atom. The Balaban J connectivity index is 2.49. The van der Waals surface area contributed by atoms with Crippen LogP contribution in [-0.4, -0.2) is 0 Å². The van der Waals surface area contributed by atoms with Gasteiger partial charge < -0.3 is 0 Å². The first kappa shape index (κ1) is 24.0. The summed E-state index contributed by atoms with van der Waals surface area (Å²) in [6.45, 7) is 25.1. The predicted octanol–water partition coefficient (Wildman–Crippen LogP) is 9.59. The summed E-state index contributed by atoms with van der Waals surface area (Å²) in [4.78, 5) is 0. The summed E-state index contributed by atoms with van der Waals surface area (Å²) in [5, 5.41) is 0. The molecule has 164 valence electrons. The van der Waals surface area contributed by atoms with Gasteiger partial charge in [0, 0.05) is 0 Å². The lowest BCUT2D eigenvalue weighted by molar-refractivity contribution is 0.0695. The highest BCUT2D eigenvalue weighted by Crippen LogP contribution is 2.60. The molecule has 2 aliphatic carbocycles. The molecule has 0 N–H and O–H groups in total. The first-order valence-electron chi connectivity index (χ1n) is 12.5. The maximum Gasteiger partial charge on any atom is -0.00574 e. The summed E-state index contributed by atoms with van der Waals surface area (Å²) in [5.74, 6) is 1.74. The van der Waals surface area contributed by atoms with E-state index in [0.717, 1.165) is 11.8 Å². The highest BCUT2D eigenvalue weighted by atomic mass is 14.5. The molecule has 0 nitrogen and oxygen atoms in total. The Kier molecular flexibility index (Phi) is 7.26. The van der Waals surface area contributed by atoms with E-state index in [1.165, 1.54) is 64.2 Å². The second kappa shape index (κ2) is 8.47. The summed E-state index contributed by atoms with van der Waals surface area (Å²) in [6.07, 6.45) is 13.9. The summed E-state index contributed by atoms with van der Waals surface area (Å²) >= 11 is 0. The van der Waals surface area contributed by atoms with Gasteiger partial charge in [-0.1, -0.05) is 93.2 Å². The Labute approximate surface area is 178 Å². The Bertz CT molecular complexity index is 545. The van der Waals surface area contributed by atoms with Crippen LogP contribution in [0.3, 0.4) is 0 Å². The molecule has 28 heavy (non-hydrogen) atoms. The van der Waals surface area contributed by atoms with Crippen molar-refractivity contribution in [3.8, 4) is 0 Å². The van der Waals surface area contributed by atoms with E-state index in [9.17, 15) is 0 Å². The Morgan fingerprint density at radius 1 is 0.821 bits per heavy atom. The van der Waals surface area contributed by atoms with Crippen LogP contribution in [0.15, 0.2) is 11.1 Å². The molecule has 0 radical (unpaired) electrons. The lowest BCUT2D eigenvalue weighted by atomic mass is 9.54. The summed E-state index contributed by atoms with van der Waals surface area (Å²) in [5.41, 5.74) is 5.34. The number of hydrogen-bond acceptors (Lipinski definition) is 0. The molecular weight excluding hydrogens is 336 g/mol. The van der Waals surface area contributed by atoms with Crippen molar-refractivity contribution in [3.63, 3.8) is 0 Å². The van der Waals surface area contributed by atoms with E-state index < -0.39 is 0 Å². The molecule has 2 rings (SSSR count). The van der Waals surface area contributed by atoms with Gasteiger partial charge in [-0.3, -0.25) is 0 Å². The summed E-state index contributed by atoms with van der Waals surface area (Å²) in [6, 6.07) is 0. The van der Waals surface area contributed by atoms with Crippen LogP contribution in [-0.2, 0) is 0 Å². The van der Waals surface area contributed by atoms with Crippen molar-refractivity contribution in [3.05, 3.63) is 11.1 Å². The number of rotatable bonds is 7. The maximum atomic E-state index is 2.66. The van der Waals surface area contributed by atoms with Crippen molar-refractivity contribution in [1.82, 2.24) is 0 Å². The summed E-state index contributed by atoms with van der Waals surface area (Å²) < 4.78 is 0. The predicted molar refractivity (Wildman–Crippen MR) is 127 cm³/mol. The molecule has 0 aromatic carbocycles. The van der Waals surface area contributed by atoms with Crippen LogP contribution in [0.25, 0.3) is 0 Å². The third-order valence-corrected chi connectivity index (χ3v) is 9.48. The molecule has 0 aromatic heterocycles. The molecule has 2 saturated carbocycles. The van der Waals surface area contributed by atoms with Crippen LogP contribution in [0.5, 0.6) is 0 Å². The van der Waals surface area contributed by atoms with E-state index in [1.54, 1.807) is 0 Å². The zero-order valence-electron chi connectivity index (χ0n) is 21.2. The van der Waals surface area contributed by atoms with E-state index in [4.69, 9.17) is 0 Å². The molecule has 3 unspecified atom stereocenters. The van der Waals surface area contributed by atoms with Gasteiger partial charge in [0.1, 0.15) is 0 Å². The standard InChI is InChI=1S/C28H52/c1-11-26(6,7)20-28(10,25(3,4)5)24(21-15-13-14-16-21)22-17-18-23(19-22)27(8,9)12-2/h22-23H,11-20H2,1-10H3. The topological polar surface area (TPSA) is 0 Å². The third kappa shape index (κ3) is 4.89. The molecule has 0 amide bonds. The van der Waals surface area contributed by atoms with Gasteiger partial charge in [-0.05, 0) is 84.9 Å². The molecule has 0 heteroatoms. The van der Waals surface area contributed by atoms with Crippen LogP contribution >= 0.6 is 0 Å². The molecule has 2 fully saturated rings. The van der Waals surface area contributed by atoms with Crippen molar-refractivity contribution in [2.45, 2.75) is 133 Å². The van der Waals surface area contributed by atoms with Crippen LogP contribution in [0, 0.1) is 33.5 Å². The zero-order valence-corrected chi connectivity index (χ0v) is 21.2. The normalized spacial score (nSPS) is 26.6. The van der Waals surface area contributed by atoms with Crippen LogP contribution in [0.2, 0.25) is 0 Å². The first-order valence-corrected chi connectivity index (χ1v) is 12.5. The van der Waals surface area contributed by atoms with E-state index >= 15 is 0 Å². The lowest BCUT2D eigenvalue weighted by Gasteiger charge is -2.51. The lowest BCUT2D eigenvalue weighted by Crippen LogP contribution is -2.41. The van der Waals surface area contributed by atoms with Crippen LogP contribution < -0.4 is 0 Å². The van der Waals surface area contributed by atoms with Gasteiger partial charge in [-0.2, -0.15) is 0 Å². The van der Waals surface area contributed by atoms with E-state index in [2.05, 4.69) is 69.2 Å². The minimum absolute atomic E-state index is 0.308. The van der Waals surface area contributed by atoms with Crippen molar-refractivity contribution in [2.75, 3.05) is 0 Å². The molecule has 3 atom stereocenters. The van der Waals surface area contributed by atoms with E-state index in [-0.39, 0.29) is 0 Å². The Morgan fingerprint density at radius 2 is 1.39 bits per heavy atom. The van der Waals surface area contributed by atoms with Gasteiger partial charge >= 0.3 is 0 Å². The monoisotopic (exact) mass is 388 g/mol. The fourth-order valence-electron chi connectivity index (χ4n) is 6.29. The number of allylic oxidation sites excluding steroid dienone is 2. The maximum absolute atomic E-state index is 2.66.